The molecule has 0 bridgehead atoms. The standard InChI is InChI=1S/C32H29ClN2O5S/c1-4-38-26-17-22(11-16-25(26)40-19-21-9-7-6-8-10-21)18-27-30(36)35-29(23-12-14-24(33)15-13-23)28(31(37)39-5-2)20(3)34-32(35)41-27/h6-18,29H,4-5,19H2,1-3H3/b27-18+/t29-/m1/s1. The lowest BCUT2D eigenvalue weighted by atomic mass is 9.96. The first-order chi connectivity index (χ1) is 19.9. The first kappa shape index (κ1) is 28.4. The number of carbonyl (C=O) groups excluding carboxylic acids is 1. The average Bonchev–Trinajstić information content (AvgIpc) is 3.27. The van der Waals surface area contributed by atoms with Crippen molar-refractivity contribution in [3.63, 3.8) is 0 Å². The molecule has 4 aromatic rings. The number of hydrogen-bond acceptors (Lipinski definition) is 7. The zero-order chi connectivity index (χ0) is 28.9. The fourth-order valence-electron chi connectivity index (χ4n) is 4.64. The molecule has 1 aliphatic heterocycles. The van der Waals surface area contributed by atoms with Gasteiger partial charge in [0.15, 0.2) is 16.3 Å². The molecular formula is C32H29ClN2O5S. The highest BCUT2D eigenvalue weighted by atomic mass is 35.5. The second-order valence-electron chi connectivity index (χ2n) is 9.27. The predicted molar refractivity (Wildman–Crippen MR) is 160 cm³/mol. The number of allylic oxidation sites excluding steroid dienone is 1. The van der Waals surface area contributed by atoms with E-state index in [0.717, 1.165) is 16.7 Å². The van der Waals surface area contributed by atoms with Gasteiger partial charge in [-0.15, -0.1) is 0 Å². The molecule has 3 aromatic carbocycles. The van der Waals surface area contributed by atoms with Crippen molar-refractivity contribution < 1.29 is 19.0 Å². The topological polar surface area (TPSA) is 79.1 Å². The van der Waals surface area contributed by atoms with E-state index in [2.05, 4.69) is 4.99 Å². The van der Waals surface area contributed by atoms with Crippen LogP contribution < -0.4 is 24.4 Å². The number of benzene rings is 3. The summed E-state index contributed by atoms with van der Waals surface area (Å²) < 4.78 is 19.3. The smallest absolute Gasteiger partial charge is 0.338 e. The van der Waals surface area contributed by atoms with Gasteiger partial charge in [0, 0.05) is 5.02 Å². The molecule has 0 N–H and O–H groups in total. The van der Waals surface area contributed by atoms with Gasteiger partial charge < -0.3 is 14.2 Å². The third-order valence-electron chi connectivity index (χ3n) is 6.51. The van der Waals surface area contributed by atoms with Crippen molar-refractivity contribution in [3.8, 4) is 11.5 Å². The van der Waals surface area contributed by atoms with E-state index in [9.17, 15) is 9.59 Å². The molecule has 1 atom stereocenters. The third-order valence-corrected chi connectivity index (χ3v) is 7.74. The lowest BCUT2D eigenvalue weighted by molar-refractivity contribution is -0.139. The summed E-state index contributed by atoms with van der Waals surface area (Å²) >= 11 is 7.40. The highest BCUT2D eigenvalue weighted by Gasteiger charge is 2.33. The van der Waals surface area contributed by atoms with Crippen LogP contribution >= 0.6 is 22.9 Å². The summed E-state index contributed by atoms with van der Waals surface area (Å²) in [6.07, 6.45) is 1.80. The number of rotatable bonds is 9. The van der Waals surface area contributed by atoms with Crippen LogP contribution in [0.4, 0.5) is 0 Å². The fourth-order valence-corrected chi connectivity index (χ4v) is 5.81. The Labute approximate surface area is 246 Å². The van der Waals surface area contributed by atoms with Gasteiger partial charge in [-0.25, -0.2) is 9.79 Å². The normalized spacial score (nSPS) is 14.8. The minimum atomic E-state index is -0.697. The van der Waals surface area contributed by atoms with Gasteiger partial charge in [-0.05, 0) is 67.8 Å². The molecule has 0 unspecified atom stereocenters. The van der Waals surface area contributed by atoms with Gasteiger partial charge in [0.2, 0.25) is 0 Å². The van der Waals surface area contributed by atoms with Crippen LogP contribution in [0.3, 0.4) is 0 Å². The van der Waals surface area contributed by atoms with Crippen molar-refractivity contribution in [2.75, 3.05) is 13.2 Å². The molecule has 2 heterocycles. The number of thiazole rings is 1. The van der Waals surface area contributed by atoms with Crippen LogP contribution in [-0.2, 0) is 16.1 Å². The molecule has 0 spiro atoms. The highest BCUT2D eigenvalue weighted by molar-refractivity contribution is 7.07. The molecule has 0 amide bonds. The minimum Gasteiger partial charge on any atom is -0.490 e. The second kappa shape index (κ2) is 12.6. The summed E-state index contributed by atoms with van der Waals surface area (Å²) in [6.45, 7) is 6.49. The van der Waals surface area contributed by atoms with Gasteiger partial charge in [0.1, 0.15) is 6.61 Å². The van der Waals surface area contributed by atoms with Crippen LogP contribution in [0.15, 0.2) is 93.9 Å². The molecule has 0 saturated heterocycles. The summed E-state index contributed by atoms with van der Waals surface area (Å²) in [6, 6.07) is 21.9. The lowest BCUT2D eigenvalue weighted by Crippen LogP contribution is -2.39. The molecule has 9 heteroatoms. The molecular weight excluding hydrogens is 560 g/mol. The van der Waals surface area contributed by atoms with Gasteiger partial charge in [-0.3, -0.25) is 9.36 Å². The summed E-state index contributed by atoms with van der Waals surface area (Å²) in [5.74, 6) is 0.701. The maximum Gasteiger partial charge on any atom is 0.338 e. The van der Waals surface area contributed by atoms with Gasteiger partial charge in [0.25, 0.3) is 5.56 Å². The van der Waals surface area contributed by atoms with Crippen molar-refractivity contribution in [1.82, 2.24) is 4.57 Å². The second-order valence-corrected chi connectivity index (χ2v) is 10.7. The quantitative estimate of drug-likeness (QED) is 0.244. The highest BCUT2D eigenvalue weighted by Crippen LogP contribution is 2.32. The average molecular weight is 589 g/mol. The van der Waals surface area contributed by atoms with E-state index in [0.29, 0.717) is 50.3 Å². The number of ether oxygens (including phenoxy) is 3. The molecule has 7 nitrogen and oxygen atoms in total. The SMILES string of the molecule is CCOC(=O)C1=C(C)N=c2s/c(=C/c3ccc(OCc4ccccc4)c(OCC)c3)c(=O)n2[C@@H]1c1ccc(Cl)cc1. The monoisotopic (exact) mass is 588 g/mol. The maximum atomic E-state index is 13.9. The third kappa shape index (κ3) is 6.14. The summed E-state index contributed by atoms with van der Waals surface area (Å²) in [4.78, 5) is 32.0. The number of fused-ring (bicyclic) bond motifs is 1. The van der Waals surface area contributed by atoms with Gasteiger partial charge >= 0.3 is 5.97 Å². The summed E-state index contributed by atoms with van der Waals surface area (Å²) in [7, 11) is 0. The van der Waals surface area contributed by atoms with E-state index in [1.54, 1.807) is 36.6 Å². The van der Waals surface area contributed by atoms with Crippen molar-refractivity contribution in [2.45, 2.75) is 33.4 Å². The largest absolute Gasteiger partial charge is 0.490 e. The van der Waals surface area contributed by atoms with Crippen molar-refractivity contribution in [2.24, 2.45) is 4.99 Å². The number of aromatic nitrogens is 1. The molecule has 0 radical (unpaired) electrons. The Balaban J connectivity index is 1.56. The Morgan fingerprint density at radius 3 is 2.46 bits per heavy atom. The number of carbonyl (C=O) groups is 1. The molecule has 0 fully saturated rings. The van der Waals surface area contributed by atoms with Gasteiger partial charge in [-0.1, -0.05) is 71.5 Å². The van der Waals surface area contributed by atoms with Crippen LogP contribution in [0, 0.1) is 0 Å². The van der Waals surface area contributed by atoms with E-state index >= 15 is 0 Å². The van der Waals surface area contributed by atoms with Crippen LogP contribution in [0.5, 0.6) is 11.5 Å². The maximum absolute atomic E-state index is 13.9. The molecule has 1 aliphatic rings. The molecule has 0 aliphatic carbocycles. The number of hydrogen-bond donors (Lipinski definition) is 0. The van der Waals surface area contributed by atoms with Crippen molar-refractivity contribution in [3.05, 3.63) is 125 Å². The van der Waals surface area contributed by atoms with Crippen molar-refractivity contribution in [1.29, 1.82) is 0 Å². The zero-order valence-corrected chi connectivity index (χ0v) is 24.5. The molecule has 41 heavy (non-hydrogen) atoms. The fraction of sp³-hybridized carbons (Fsp3) is 0.219. The zero-order valence-electron chi connectivity index (χ0n) is 22.9. The summed E-state index contributed by atoms with van der Waals surface area (Å²) in [5.41, 5.74) is 3.13. The van der Waals surface area contributed by atoms with E-state index in [1.807, 2.05) is 67.6 Å². The minimum absolute atomic E-state index is 0.209. The van der Waals surface area contributed by atoms with Crippen LogP contribution in [0.25, 0.3) is 6.08 Å². The van der Waals surface area contributed by atoms with E-state index in [4.69, 9.17) is 25.8 Å². The Kier molecular flexibility index (Phi) is 8.71. The Morgan fingerprint density at radius 1 is 1.00 bits per heavy atom. The predicted octanol–water partition coefficient (Wildman–Crippen LogP) is 5.43. The van der Waals surface area contributed by atoms with Crippen LogP contribution in [-0.4, -0.2) is 23.8 Å². The Morgan fingerprint density at radius 2 is 1.76 bits per heavy atom. The summed E-state index contributed by atoms with van der Waals surface area (Å²) in [5, 5.41) is 0.556. The first-order valence-corrected chi connectivity index (χ1v) is 14.5. The Hall–Kier alpha value is -4.14. The Bertz CT molecular complexity index is 1780. The molecule has 210 valence electrons. The number of nitrogens with zero attached hydrogens (tertiary/aromatic N) is 2. The van der Waals surface area contributed by atoms with Crippen LogP contribution in [0.2, 0.25) is 5.02 Å². The molecule has 0 saturated carbocycles. The van der Waals surface area contributed by atoms with Crippen LogP contribution in [0.1, 0.15) is 43.5 Å². The number of halogens is 1. The molecule has 5 rings (SSSR count). The van der Waals surface area contributed by atoms with Gasteiger partial charge in [-0.2, -0.15) is 0 Å². The van der Waals surface area contributed by atoms with E-state index in [1.165, 1.54) is 11.3 Å². The first-order valence-electron chi connectivity index (χ1n) is 13.3. The van der Waals surface area contributed by atoms with E-state index < -0.39 is 12.0 Å². The molecule has 1 aromatic heterocycles. The van der Waals surface area contributed by atoms with Gasteiger partial charge in [0.05, 0.1) is 35.1 Å². The van der Waals surface area contributed by atoms with Crippen molar-refractivity contribution >= 4 is 35.0 Å². The lowest BCUT2D eigenvalue weighted by Gasteiger charge is -2.24. The number of esters is 1. The van der Waals surface area contributed by atoms with E-state index in [-0.39, 0.29) is 12.2 Å².